The predicted molar refractivity (Wildman–Crippen MR) is 146 cm³/mol. The fourth-order valence-electron chi connectivity index (χ4n) is 7.75. The molecule has 0 amide bonds. The van der Waals surface area contributed by atoms with E-state index in [0.29, 0.717) is 24.0 Å². The maximum Gasteiger partial charge on any atom is 0.344 e. The highest BCUT2D eigenvalue weighted by molar-refractivity contribution is 5.88. The number of hydrogen-bond donors (Lipinski definition) is 1. The average molecular weight is 534 g/mol. The summed E-state index contributed by atoms with van der Waals surface area (Å²) >= 11 is 0. The van der Waals surface area contributed by atoms with Gasteiger partial charge in [-0.3, -0.25) is 4.79 Å². The molecule has 0 aliphatic heterocycles. The van der Waals surface area contributed by atoms with E-state index in [-0.39, 0.29) is 29.0 Å². The number of ether oxygens (including phenoxy) is 2. The largest absolute Gasteiger partial charge is 0.459 e. The van der Waals surface area contributed by atoms with Crippen LogP contribution in [0.25, 0.3) is 6.08 Å². The summed E-state index contributed by atoms with van der Waals surface area (Å²) in [7, 11) is 0. The Morgan fingerprint density at radius 3 is 2.69 bits per heavy atom. The van der Waals surface area contributed by atoms with Gasteiger partial charge in [0.15, 0.2) is 6.61 Å². The van der Waals surface area contributed by atoms with Crippen LogP contribution in [0.4, 0.5) is 0 Å². The van der Waals surface area contributed by atoms with Gasteiger partial charge in [-0.1, -0.05) is 45.9 Å². The van der Waals surface area contributed by atoms with Crippen molar-refractivity contribution in [1.82, 2.24) is 0 Å². The van der Waals surface area contributed by atoms with E-state index < -0.39 is 41.6 Å². The molecule has 7 heteroatoms. The first-order valence-electron chi connectivity index (χ1n) is 13.8. The molecule has 3 aliphatic carbocycles. The zero-order valence-corrected chi connectivity index (χ0v) is 23.3. The molecule has 0 unspecified atom stereocenters. The van der Waals surface area contributed by atoms with E-state index in [1.165, 1.54) is 12.2 Å². The highest BCUT2D eigenvalue weighted by atomic mass is 16.6. The van der Waals surface area contributed by atoms with Crippen molar-refractivity contribution < 1.29 is 29.0 Å². The number of nitrogens with zero attached hydrogens (tertiary/aromatic N) is 1. The number of Topliss-reactive ketones (excluding diaryl/α,β-unsaturated/α-hetero) is 1. The van der Waals surface area contributed by atoms with Gasteiger partial charge in [0.1, 0.15) is 11.9 Å². The molecule has 0 saturated heterocycles. The maximum absolute atomic E-state index is 13.5. The number of aliphatic hydroxyl groups excluding tert-OH is 1. The van der Waals surface area contributed by atoms with E-state index in [4.69, 9.17) is 14.7 Å². The predicted octanol–water partition coefficient (Wildman–Crippen LogP) is 5.02. The number of esters is 2. The fourth-order valence-corrected chi connectivity index (χ4v) is 7.75. The van der Waals surface area contributed by atoms with Crippen LogP contribution in [0.2, 0.25) is 0 Å². The Kier molecular flexibility index (Phi) is 7.91. The summed E-state index contributed by atoms with van der Waals surface area (Å²) in [4.78, 5) is 38.8. The van der Waals surface area contributed by atoms with Crippen molar-refractivity contribution in [3.8, 4) is 6.07 Å². The van der Waals surface area contributed by atoms with E-state index in [2.05, 4.69) is 27.4 Å². The second-order valence-electron chi connectivity index (χ2n) is 12.2. The third kappa shape index (κ3) is 4.96. The fraction of sp³-hybridized carbons (Fsp3) is 0.562. The van der Waals surface area contributed by atoms with E-state index in [1.807, 2.05) is 13.0 Å². The Labute approximate surface area is 230 Å². The van der Waals surface area contributed by atoms with Crippen LogP contribution in [0.15, 0.2) is 43.0 Å². The van der Waals surface area contributed by atoms with Gasteiger partial charge in [-0.25, -0.2) is 9.59 Å². The quantitative estimate of drug-likeness (QED) is 0.310. The Morgan fingerprint density at radius 2 is 2.00 bits per heavy atom. The molecular weight excluding hydrogens is 494 g/mol. The van der Waals surface area contributed by atoms with E-state index >= 15 is 0 Å². The lowest BCUT2D eigenvalue weighted by molar-refractivity contribution is -0.208. The van der Waals surface area contributed by atoms with Gasteiger partial charge in [-0.15, -0.1) is 6.58 Å². The van der Waals surface area contributed by atoms with Crippen molar-refractivity contribution in [3.05, 3.63) is 54.1 Å². The molecule has 208 valence electrons. The van der Waals surface area contributed by atoms with E-state index in [0.717, 1.165) is 19.3 Å². The lowest BCUT2D eigenvalue weighted by atomic mass is 9.44. The van der Waals surface area contributed by atoms with Crippen LogP contribution in [0, 0.1) is 45.3 Å². The second kappa shape index (κ2) is 10.7. The molecule has 39 heavy (non-hydrogen) atoms. The summed E-state index contributed by atoms with van der Waals surface area (Å²) < 4.78 is 11.2. The number of rotatable bonds is 6. The van der Waals surface area contributed by atoms with Crippen LogP contribution in [-0.2, 0) is 23.9 Å². The number of carbonyl (C=O) groups is 3. The Hall–Kier alpha value is -3.24. The topological polar surface area (TPSA) is 114 Å². The standard InChI is InChI=1S/C32H39NO6/c1-6-30(4)17-25(39-27(36)19-38-26(35)11-10-22-8-7-9-23(16-22)18-33)31(5)20(2)12-14-32(21(3)29(30)37)15-13-24(34)28(31)32/h6-11,16,20-21,25,28-29,37H,1,12-15,17,19H2,2-5H3/b11-10+/t20-,21+,25-,28+,29+,30-,31+,32+/m1/s1. The number of ketones is 1. The lowest BCUT2D eigenvalue weighted by Gasteiger charge is -2.61. The molecule has 3 saturated carbocycles. The monoisotopic (exact) mass is 533 g/mol. The van der Waals surface area contributed by atoms with Gasteiger partial charge in [0.25, 0.3) is 0 Å². The van der Waals surface area contributed by atoms with Crippen LogP contribution in [0.1, 0.15) is 70.9 Å². The third-order valence-corrected chi connectivity index (χ3v) is 10.3. The summed E-state index contributed by atoms with van der Waals surface area (Å²) in [5.74, 6) is -1.54. The summed E-state index contributed by atoms with van der Waals surface area (Å²) in [6.45, 7) is 11.6. The molecule has 0 aromatic heterocycles. The SMILES string of the molecule is C=C[C@]1(C)C[C@@H](OC(=O)COC(=O)/C=C/c2cccc(C#N)c2)[C@]2(C)[C@H](C)CC[C@]3(CCC(=O)[C@H]32)[C@@H](C)[C@@H]1O. The summed E-state index contributed by atoms with van der Waals surface area (Å²) in [5.41, 5.74) is -0.592. The lowest BCUT2D eigenvalue weighted by Crippen LogP contribution is -2.63. The smallest absolute Gasteiger partial charge is 0.344 e. The second-order valence-corrected chi connectivity index (χ2v) is 12.2. The number of benzene rings is 1. The first-order chi connectivity index (χ1) is 18.4. The third-order valence-electron chi connectivity index (χ3n) is 10.3. The Balaban J connectivity index is 1.55. The van der Waals surface area contributed by atoms with Crippen LogP contribution in [-0.4, -0.2) is 41.6 Å². The van der Waals surface area contributed by atoms with E-state index in [9.17, 15) is 19.5 Å². The average Bonchev–Trinajstić information content (AvgIpc) is 3.29. The molecule has 7 nitrogen and oxygen atoms in total. The van der Waals surface area contributed by atoms with Crippen molar-refractivity contribution in [2.24, 2.45) is 34.0 Å². The van der Waals surface area contributed by atoms with Gasteiger partial charge < -0.3 is 14.6 Å². The molecule has 1 aromatic rings. The maximum atomic E-state index is 13.5. The number of aliphatic hydroxyl groups is 1. The molecule has 3 aliphatic rings. The molecule has 2 bridgehead atoms. The highest BCUT2D eigenvalue weighted by Gasteiger charge is 2.68. The van der Waals surface area contributed by atoms with Crippen molar-refractivity contribution in [2.45, 2.75) is 72.0 Å². The van der Waals surface area contributed by atoms with Gasteiger partial charge >= 0.3 is 11.9 Å². The van der Waals surface area contributed by atoms with Gasteiger partial charge in [-0.2, -0.15) is 5.26 Å². The first-order valence-corrected chi connectivity index (χ1v) is 13.8. The summed E-state index contributed by atoms with van der Waals surface area (Å²) in [6, 6.07) is 8.79. The normalized spacial score (nSPS) is 37.7. The van der Waals surface area contributed by atoms with Crippen molar-refractivity contribution in [1.29, 1.82) is 5.26 Å². The molecule has 0 heterocycles. The number of carbonyl (C=O) groups excluding carboxylic acids is 3. The van der Waals surface area contributed by atoms with Gasteiger partial charge in [0.05, 0.1) is 17.7 Å². The minimum absolute atomic E-state index is 0.109. The molecule has 0 spiro atoms. The summed E-state index contributed by atoms with van der Waals surface area (Å²) in [6.07, 6.45) is 6.29. The molecule has 4 rings (SSSR count). The highest BCUT2D eigenvalue weighted by Crippen LogP contribution is 2.67. The van der Waals surface area contributed by atoms with Crippen molar-refractivity contribution in [2.75, 3.05) is 6.61 Å². The molecule has 3 fully saturated rings. The molecular formula is C32H39NO6. The van der Waals surface area contributed by atoms with Gasteiger partial charge in [0.2, 0.25) is 0 Å². The first kappa shape index (κ1) is 28.8. The molecule has 0 radical (unpaired) electrons. The van der Waals surface area contributed by atoms with Gasteiger partial charge in [0, 0.05) is 29.2 Å². The zero-order chi connectivity index (χ0) is 28.6. The van der Waals surface area contributed by atoms with Crippen molar-refractivity contribution >= 4 is 23.8 Å². The minimum atomic E-state index is -0.745. The Morgan fingerprint density at radius 1 is 1.26 bits per heavy atom. The van der Waals surface area contributed by atoms with Crippen LogP contribution < -0.4 is 0 Å². The Bertz CT molecular complexity index is 1230. The van der Waals surface area contributed by atoms with Crippen LogP contribution in [0.3, 0.4) is 0 Å². The van der Waals surface area contributed by atoms with Crippen LogP contribution >= 0.6 is 0 Å². The molecule has 1 N–H and O–H groups in total. The van der Waals surface area contributed by atoms with E-state index in [1.54, 1.807) is 30.3 Å². The molecule has 8 atom stereocenters. The zero-order valence-electron chi connectivity index (χ0n) is 23.3. The number of hydrogen-bond acceptors (Lipinski definition) is 7. The van der Waals surface area contributed by atoms with Gasteiger partial charge in [-0.05, 0) is 66.7 Å². The molecule has 1 aromatic carbocycles. The summed E-state index contributed by atoms with van der Waals surface area (Å²) in [5, 5.41) is 20.6. The van der Waals surface area contributed by atoms with Crippen molar-refractivity contribution in [3.63, 3.8) is 0 Å². The van der Waals surface area contributed by atoms with Crippen LogP contribution in [0.5, 0.6) is 0 Å². The number of nitriles is 1. The minimum Gasteiger partial charge on any atom is -0.459 e.